The molecule has 0 spiro atoms. The van der Waals surface area contributed by atoms with Gasteiger partial charge in [-0.2, -0.15) is 13.2 Å². The molecule has 0 saturated carbocycles. The van der Waals surface area contributed by atoms with E-state index in [0.29, 0.717) is 8.17 Å². The normalized spacial score (nSPS) is 11.8. The van der Waals surface area contributed by atoms with Crippen LogP contribution in [0.3, 0.4) is 0 Å². The molecule has 12 heavy (non-hydrogen) atoms. The van der Waals surface area contributed by atoms with Gasteiger partial charge in [0.05, 0.1) is 10.0 Å². The van der Waals surface area contributed by atoms with E-state index in [1.807, 2.05) is 22.6 Å². The van der Waals surface area contributed by atoms with Crippen LogP contribution in [0.5, 0.6) is 0 Å². The second-order valence-electron chi connectivity index (χ2n) is 1.99. The SMILES string of the molecule is FC(F)(F)c1cnc(I)c(Br)c1. The molecule has 0 saturated heterocycles. The summed E-state index contributed by atoms with van der Waals surface area (Å²) in [7, 11) is 0. The van der Waals surface area contributed by atoms with E-state index < -0.39 is 11.7 Å². The summed E-state index contributed by atoms with van der Waals surface area (Å²) >= 11 is 4.81. The second kappa shape index (κ2) is 3.49. The lowest BCUT2D eigenvalue weighted by atomic mass is 10.3. The van der Waals surface area contributed by atoms with Crippen LogP contribution in [0, 0.1) is 3.70 Å². The minimum atomic E-state index is -4.32. The summed E-state index contributed by atoms with van der Waals surface area (Å²) in [6, 6.07) is 1.01. The molecule has 1 heterocycles. The number of pyridine rings is 1. The highest BCUT2D eigenvalue weighted by atomic mass is 127. The summed E-state index contributed by atoms with van der Waals surface area (Å²) in [4.78, 5) is 3.56. The molecule has 0 aliphatic heterocycles. The topological polar surface area (TPSA) is 12.9 Å². The fourth-order valence-electron chi connectivity index (χ4n) is 0.576. The van der Waals surface area contributed by atoms with Crippen LogP contribution in [-0.2, 0) is 6.18 Å². The number of rotatable bonds is 0. The van der Waals surface area contributed by atoms with Gasteiger partial charge >= 0.3 is 6.18 Å². The zero-order chi connectivity index (χ0) is 9.35. The van der Waals surface area contributed by atoms with Crippen LogP contribution in [0.2, 0.25) is 0 Å². The van der Waals surface area contributed by atoms with Crippen molar-refractivity contribution >= 4 is 38.5 Å². The Hall–Kier alpha value is 0.150. The molecule has 0 radical (unpaired) electrons. The first-order chi connectivity index (χ1) is 5.41. The lowest BCUT2D eigenvalue weighted by molar-refractivity contribution is -0.137. The number of hydrogen-bond acceptors (Lipinski definition) is 1. The zero-order valence-corrected chi connectivity index (χ0v) is 9.24. The fourth-order valence-corrected chi connectivity index (χ4v) is 1.22. The van der Waals surface area contributed by atoms with Gasteiger partial charge in [-0.05, 0) is 44.6 Å². The van der Waals surface area contributed by atoms with Crippen LogP contribution in [0.4, 0.5) is 13.2 Å². The van der Waals surface area contributed by atoms with Gasteiger partial charge < -0.3 is 0 Å². The Labute approximate surface area is 88.6 Å². The Morgan fingerprint density at radius 3 is 2.42 bits per heavy atom. The van der Waals surface area contributed by atoms with E-state index in [9.17, 15) is 13.2 Å². The summed E-state index contributed by atoms with van der Waals surface area (Å²) < 4.78 is 37.0. The Morgan fingerprint density at radius 2 is 2.00 bits per heavy atom. The molecule has 6 heteroatoms. The molecule has 0 fully saturated rings. The molecule has 66 valence electrons. The predicted molar refractivity (Wildman–Crippen MR) is 49.7 cm³/mol. The number of nitrogens with zero attached hydrogens (tertiary/aromatic N) is 1. The van der Waals surface area contributed by atoms with Gasteiger partial charge in [-0.25, -0.2) is 4.98 Å². The van der Waals surface area contributed by atoms with Crippen molar-refractivity contribution in [3.8, 4) is 0 Å². The monoisotopic (exact) mass is 351 g/mol. The quantitative estimate of drug-likeness (QED) is 0.515. The molecule has 1 aromatic heterocycles. The second-order valence-corrected chi connectivity index (χ2v) is 3.87. The van der Waals surface area contributed by atoms with E-state index in [0.717, 1.165) is 12.3 Å². The molecule has 0 bridgehead atoms. The Balaban J connectivity index is 3.14. The average Bonchev–Trinajstić information content (AvgIpc) is 1.92. The first-order valence-corrected chi connectivity index (χ1v) is 4.66. The smallest absolute Gasteiger partial charge is 0.249 e. The largest absolute Gasteiger partial charge is 0.417 e. The van der Waals surface area contributed by atoms with Crippen molar-refractivity contribution in [2.75, 3.05) is 0 Å². The number of alkyl halides is 3. The molecular weight excluding hydrogens is 350 g/mol. The van der Waals surface area contributed by atoms with Crippen molar-refractivity contribution in [1.82, 2.24) is 4.98 Å². The maximum Gasteiger partial charge on any atom is 0.417 e. The van der Waals surface area contributed by atoms with Crippen LogP contribution in [0.1, 0.15) is 5.56 Å². The molecule has 0 aliphatic carbocycles. The third-order valence-electron chi connectivity index (χ3n) is 1.12. The molecule has 0 aliphatic rings. The summed E-state index contributed by atoms with van der Waals surface area (Å²) in [6.45, 7) is 0. The first-order valence-electron chi connectivity index (χ1n) is 2.79. The summed E-state index contributed by atoms with van der Waals surface area (Å²) in [6.07, 6.45) is -3.51. The van der Waals surface area contributed by atoms with Gasteiger partial charge in [0, 0.05) is 6.20 Å². The summed E-state index contributed by atoms with van der Waals surface area (Å²) in [5, 5.41) is 0. The van der Waals surface area contributed by atoms with Crippen LogP contribution in [0.15, 0.2) is 16.7 Å². The van der Waals surface area contributed by atoms with E-state index in [2.05, 4.69) is 20.9 Å². The number of halogens is 5. The van der Waals surface area contributed by atoms with Gasteiger partial charge in [0.2, 0.25) is 0 Å². The summed E-state index contributed by atoms with van der Waals surface area (Å²) in [5.74, 6) is 0. The van der Waals surface area contributed by atoms with Crippen molar-refractivity contribution in [2.24, 2.45) is 0 Å². The van der Waals surface area contributed by atoms with Crippen molar-refractivity contribution in [3.63, 3.8) is 0 Å². The van der Waals surface area contributed by atoms with Crippen LogP contribution in [-0.4, -0.2) is 4.98 Å². The van der Waals surface area contributed by atoms with Crippen molar-refractivity contribution in [1.29, 1.82) is 0 Å². The Kier molecular flexibility index (Phi) is 2.97. The highest BCUT2D eigenvalue weighted by Gasteiger charge is 2.31. The molecule has 0 amide bonds. The Morgan fingerprint density at radius 1 is 1.42 bits per heavy atom. The Bertz CT molecular complexity index is 299. The van der Waals surface area contributed by atoms with Crippen LogP contribution >= 0.6 is 38.5 Å². The van der Waals surface area contributed by atoms with Gasteiger partial charge in [0.15, 0.2) is 0 Å². The number of hydrogen-bond donors (Lipinski definition) is 0. The molecule has 0 N–H and O–H groups in total. The molecular formula is C6H2BrF3IN. The lowest BCUT2D eigenvalue weighted by Crippen LogP contribution is -2.05. The van der Waals surface area contributed by atoms with E-state index in [1.165, 1.54) is 0 Å². The highest BCUT2D eigenvalue weighted by molar-refractivity contribution is 14.1. The minimum absolute atomic E-state index is 0.359. The van der Waals surface area contributed by atoms with Crippen molar-refractivity contribution in [3.05, 3.63) is 26.0 Å². The van der Waals surface area contributed by atoms with E-state index >= 15 is 0 Å². The fraction of sp³-hybridized carbons (Fsp3) is 0.167. The van der Waals surface area contributed by atoms with E-state index in [4.69, 9.17) is 0 Å². The third-order valence-corrected chi connectivity index (χ3v) is 3.33. The van der Waals surface area contributed by atoms with E-state index in [-0.39, 0.29) is 0 Å². The van der Waals surface area contributed by atoms with Crippen molar-refractivity contribution in [2.45, 2.75) is 6.18 Å². The first kappa shape index (κ1) is 10.2. The van der Waals surface area contributed by atoms with Gasteiger partial charge in [0.1, 0.15) is 3.70 Å². The third kappa shape index (κ3) is 2.32. The molecule has 0 atom stereocenters. The van der Waals surface area contributed by atoms with Gasteiger partial charge in [0.25, 0.3) is 0 Å². The van der Waals surface area contributed by atoms with E-state index in [1.54, 1.807) is 0 Å². The molecule has 1 nitrogen and oxygen atoms in total. The van der Waals surface area contributed by atoms with Gasteiger partial charge in [-0.3, -0.25) is 0 Å². The molecule has 1 aromatic rings. The lowest BCUT2D eigenvalue weighted by Gasteiger charge is -2.06. The predicted octanol–water partition coefficient (Wildman–Crippen LogP) is 3.47. The van der Waals surface area contributed by atoms with Gasteiger partial charge in [-0.1, -0.05) is 0 Å². The van der Waals surface area contributed by atoms with Crippen LogP contribution < -0.4 is 0 Å². The van der Waals surface area contributed by atoms with Gasteiger partial charge in [-0.15, -0.1) is 0 Å². The number of aromatic nitrogens is 1. The highest BCUT2D eigenvalue weighted by Crippen LogP contribution is 2.31. The van der Waals surface area contributed by atoms with Crippen LogP contribution in [0.25, 0.3) is 0 Å². The van der Waals surface area contributed by atoms with Crippen molar-refractivity contribution < 1.29 is 13.2 Å². The zero-order valence-electron chi connectivity index (χ0n) is 5.49. The standard InChI is InChI=1S/C6H2BrF3IN/c7-4-1-3(6(8,9)10)2-12-5(4)11/h1-2H. The molecule has 1 rings (SSSR count). The summed E-state index contributed by atoms with van der Waals surface area (Å²) in [5.41, 5.74) is -0.741. The molecule has 0 unspecified atom stereocenters. The molecule has 0 aromatic carbocycles. The maximum atomic E-state index is 12.0. The minimum Gasteiger partial charge on any atom is -0.249 e. The average molecular weight is 352 g/mol. The maximum absolute atomic E-state index is 12.0.